The molecule has 0 bridgehead atoms. The number of phosphoric ester groups is 1. The summed E-state index contributed by atoms with van der Waals surface area (Å²) in [5, 5.41) is 4.82. The molecule has 0 aromatic heterocycles. The smallest absolute Gasteiger partial charge is 0.463 e. The monoisotopic (exact) mass is 584 g/mol. The van der Waals surface area contributed by atoms with E-state index in [1.54, 1.807) is 51.1 Å². The predicted octanol–water partition coefficient (Wildman–Crippen LogP) is 2.58. The number of esters is 1. The second-order valence-corrected chi connectivity index (χ2v) is 11.6. The highest BCUT2D eigenvalue weighted by molar-refractivity contribution is 8.13. The first-order valence-corrected chi connectivity index (χ1v) is 14.6. The predicted molar refractivity (Wildman–Crippen MR) is 143 cm³/mol. The van der Waals surface area contributed by atoms with Crippen LogP contribution in [0.4, 0.5) is 0 Å². The highest BCUT2D eigenvalue weighted by Gasteiger charge is 2.49. The lowest BCUT2D eigenvalue weighted by atomic mass is 9.87. The molecule has 1 saturated heterocycles. The number of benzene rings is 1. The van der Waals surface area contributed by atoms with Gasteiger partial charge in [0, 0.05) is 36.8 Å². The first kappa shape index (κ1) is 32.2. The molecule has 39 heavy (non-hydrogen) atoms. The van der Waals surface area contributed by atoms with E-state index in [1.807, 2.05) is 0 Å². The van der Waals surface area contributed by atoms with Gasteiger partial charge in [0.1, 0.15) is 5.75 Å². The van der Waals surface area contributed by atoms with Crippen LogP contribution in [0.2, 0.25) is 0 Å². The number of nitrogens with one attached hydrogen (secondary N) is 2. The molecule has 2 amide bonds. The number of amides is 2. The summed E-state index contributed by atoms with van der Waals surface area (Å²) in [6.45, 7) is 5.39. The lowest BCUT2D eigenvalue weighted by Gasteiger charge is -2.39. The van der Waals surface area contributed by atoms with Crippen molar-refractivity contribution in [3.8, 4) is 5.75 Å². The van der Waals surface area contributed by atoms with Crippen molar-refractivity contribution in [1.29, 1.82) is 0 Å². The first-order chi connectivity index (χ1) is 18.4. The lowest BCUT2D eigenvalue weighted by molar-refractivity contribution is -0.140. The molecular weight excluding hydrogens is 551 g/mol. The fraction of sp³-hybridized carbons (Fsp3) is 0.480. The van der Waals surface area contributed by atoms with E-state index in [0.717, 1.165) is 23.9 Å². The molecule has 1 aromatic carbocycles. The van der Waals surface area contributed by atoms with Crippen molar-refractivity contribution in [2.75, 3.05) is 32.1 Å². The van der Waals surface area contributed by atoms with Gasteiger partial charge in [0.05, 0.1) is 19.6 Å². The maximum Gasteiger partial charge on any atom is 0.530 e. The van der Waals surface area contributed by atoms with Crippen molar-refractivity contribution in [1.82, 2.24) is 10.6 Å². The van der Waals surface area contributed by atoms with Crippen LogP contribution in [0.15, 0.2) is 42.5 Å². The molecule has 2 N–H and O–H groups in total. The van der Waals surface area contributed by atoms with Gasteiger partial charge in [-0.1, -0.05) is 43.8 Å². The van der Waals surface area contributed by atoms with Crippen molar-refractivity contribution in [2.45, 2.75) is 39.7 Å². The van der Waals surface area contributed by atoms with E-state index in [-0.39, 0.29) is 56.6 Å². The van der Waals surface area contributed by atoms with Gasteiger partial charge in [-0.25, -0.2) is 9.36 Å². The zero-order valence-corrected chi connectivity index (χ0v) is 23.7. The standard InChI is InChI=1S/C25H33N2O10PS/c1-4-34-21(30)11-10-18(28)16-22(31)39-15-14-26-20(29)12-13-27-24(32)23-25(2,3)17-35-38(33,37-23)36-19-8-6-5-7-9-19/h5-11,23H,4,12-17H2,1-3H3,(H,26,29)(H,27,32)/b11-10+/t23-,38?/m0/s1. The van der Waals surface area contributed by atoms with Crippen LogP contribution in [-0.4, -0.2) is 66.8 Å². The Labute approximate surface area is 231 Å². The number of thioether (sulfide) groups is 1. The number of ether oxygens (including phenoxy) is 1. The minimum absolute atomic E-state index is 0.00131. The van der Waals surface area contributed by atoms with Crippen molar-refractivity contribution in [3.63, 3.8) is 0 Å². The van der Waals surface area contributed by atoms with Crippen LogP contribution in [0, 0.1) is 5.41 Å². The van der Waals surface area contributed by atoms with Gasteiger partial charge in [0.2, 0.25) is 5.91 Å². The molecule has 2 atom stereocenters. The van der Waals surface area contributed by atoms with Crippen LogP contribution in [0.25, 0.3) is 0 Å². The third kappa shape index (κ3) is 11.7. The summed E-state index contributed by atoms with van der Waals surface area (Å²) in [7, 11) is -4.04. The fourth-order valence-corrected chi connectivity index (χ4v) is 5.47. The van der Waals surface area contributed by atoms with Gasteiger partial charge in [0.25, 0.3) is 5.91 Å². The number of allylic oxidation sites excluding steroid dienone is 1. The molecule has 1 unspecified atom stereocenters. The first-order valence-electron chi connectivity index (χ1n) is 12.2. The Bertz CT molecular complexity index is 1110. The number of carbonyl (C=O) groups excluding carboxylic acids is 5. The fourth-order valence-electron chi connectivity index (χ4n) is 3.12. The van der Waals surface area contributed by atoms with E-state index in [1.165, 1.54) is 0 Å². The minimum Gasteiger partial charge on any atom is -0.463 e. The summed E-state index contributed by atoms with van der Waals surface area (Å²) in [6, 6.07) is 8.31. The van der Waals surface area contributed by atoms with Gasteiger partial charge in [-0.2, -0.15) is 0 Å². The maximum atomic E-state index is 12.9. The summed E-state index contributed by atoms with van der Waals surface area (Å²) >= 11 is 0.878. The number of carbonyl (C=O) groups is 5. The van der Waals surface area contributed by atoms with Crippen LogP contribution < -0.4 is 15.2 Å². The van der Waals surface area contributed by atoms with Crippen molar-refractivity contribution < 1.29 is 46.8 Å². The molecule has 0 radical (unpaired) electrons. The molecule has 1 aromatic rings. The molecule has 2 rings (SSSR count). The Morgan fingerprint density at radius 3 is 2.51 bits per heavy atom. The molecule has 0 saturated carbocycles. The topological polar surface area (TPSA) is 163 Å². The Hall–Kier alpha value is -2.99. The van der Waals surface area contributed by atoms with E-state index >= 15 is 0 Å². The zero-order valence-electron chi connectivity index (χ0n) is 22.0. The number of para-hydroxylation sites is 1. The van der Waals surface area contributed by atoms with E-state index in [2.05, 4.69) is 15.4 Å². The second kappa shape index (κ2) is 15.6. The van der Waals surface area contributed by atoms with Crippen molar-refractivity contribution >= 4 is 48.3 Å². The zero-order chi connectivity index (χ0) is 28.9. The number of hydrogen-bond donors (Lipinski definition) is 2. The van der Waals surface area contributed by atoms with E-state index in [0.29, 0.717) is 0 Å². The Kier molecular flexibility index (Phi) is 12.9. The summed E-state index contributed by atoms with van der Waals surface area (Å²) < 4.78 is 33.8. The summed E-state index contributed by atoms with van der Waals surface area (Å²) in [4.78, 5) is 59.6. The summed E-state index contributed by atoms with van der Waals surface area (Å²) in [5.74, 6) is -1.59. The number of rotatable bonds is 14. The largest absolute Gasteiger partial charge is 0.530 e. The Morgan fingerprint density at radius 2 is 1.82 bits per heavy atom. The molecule has 1 aliphatic heterocycles. The SMILES string of the molecule is CCOC(=O)/C=C/C(=O)CC(=O)SCCNC(=O)CCNC(=O)[C@@H]1OP(=O)(Oc2ccccc2)OCC1(C)C. The van der Waals surface area contributed by atoms with Crippen LogP contribution in [0.1, 0.15) is 33.6 Å². The van der Waals surface area contributed by atoms with Crippen LogP contribution in [0.3, 0.4) is 0 Å². The molecule has 0 spiro atoms. The number of phosphoric acid groups is 1. The third-order valence-corrected chi connectivity index (χ3v) is 7.31. The molecule has 0 aliphatic carbocycles. The highest BCUT2D eigenvalue weighted by Crippen LogP contribution is 2.56. The quantitative estimate of drug-likeness (QED) is 0.109. The lowest BCUT2D eigenvalue weighted by Crippen LogP contribution is -2.50. The van der Waals surface area contributed by atoms with Gasteiger partial charge in [0.15, 0.2) is 17.0 Å². The van der Waals surface area contributed by atoms with Crippen molar-refractivity contribution in [2.24, 2.45) is 5.41 Å². The van der Waals surface area contributed by atoms with Gasteiger partial charge in [-0.05, 0) is 25.1 Å². The molecule has 1 aliphatic rings. The van der Waals surface area contributed by atoms with Gasteiger partial charge in [-0.15, -0.1) is 0 Å². The van der Waals surface area contributed by atoms with E-state index in [9.17, 15) is 28.5 Å². The average Bonchev–Trinajstić information content (AvgIpc) is 2.88. The van der Waals surface area contributed by atoms with Gasteiger partial charge >= 0.3 is 13.8 Å². The second-order valence-electron chi connectivity index (χ2n) is 8.94. The van der Waals surface area contributed by atoms with E-state index in [4.69, 9.17) is 13.6 Å². The minimum atomic E-state index is -4.04. The summed E-state index contributed by atoms with van der Waals surface area (Å²) in [5.41, 5.74) is -0.806. The molecule has 12 nitrogen and oxygen atoms in total. The van der Waals surface area contributed by atoms with Crippen molar-refractivity contribution in [3.05, 3.63) is 42.5 Å². The average molecular weight is 585 g/mol. The molecular formula is C25H33N2O10PS. The van der Waals surface area contributed by atoms with E-state index < -0.39 is 42.1 Å². The summed E-state index contributed by atoms with van der Waals surface area (Å²) in [6.07, 6.45) is 0.405. The Morgan fingerprint density at radius 1 is 1.10 bits per heavy atom. The highest BCUT2D eigenvalue weighted by atomic mass is 32.2. The number of hydrogen-bond acceptors (Lipinski definition) is 11. The van der Waals surface area contributed by atoms with Gasteiger partial charge < -0.3 is 19.9 Å². The molecule has 1 fully saturated rings. The molecule has 1 heterocycles. The normalized spacial score (nSPS) is 20.1. The number of ketones is 1. The van der Waals surface area contributed by atoms with Crippen LogP contribution in [-0.2, 0) is 42.3 Å². The van der Waals surface area contributed by atoms with Crippen LogP contribution >= 0.6 is 19.6 Å². The molecule has 214 valence electrons. The van der Waals surface area contributed by atoms with Gasteiger partial charge in [-0.3, -0.25) is 28.2 Å². The maximum absolute atomic E-state index is 12.9. The Balaban J connectivity index is 1.68. The third-order valence-electron chi connectivity index (χ3n) is 5.09. The van der Waals surface area contributed by atoms with Crippen LogP contribution in [0.5, 0.6) is 5.75 Å². The molecule has 14 heteroatoms.